The summed E-state index contributed by atoms with van der Waals surface area (Å²) in [6.45, 7) is 2.44. The minimum absolute atomic E-state index is 0.210. The van der Waals surface area contributed by atoms with Crippen LogP contribution in [-0.2, 0) is 38.1 Å². The van der Waals surface area contributed by atoms with Gasteiger partial charge in [0, 0.05) is 44.1 Å². The highest BCUT2D eigenvalue weighted by Gasteiger charge is 2.20. The van der Waals surface area contributed by atoms with E-state index in [1.807, 2.05) is 4.90 Å². The smallest absolute Gasteiger partial charge is 0.331 e. The van der Waals surface area contributed by atoms with Gasteiger partial charge in [0.2, 0.25) is 0 Å². The Balaban J connectivity index is 2.60. The monoisotopic (exact) mass is 384 g/mol. The molecular weight excluding hydrogens is 360 g/mol. The van der Waals surface area contributed by atoms with Crippen LogP contribution in [0.15, 0.2) is 24.3 Å². The first-order valence-electron chi connectivity index (χ1n) is 8.27. The van der Waals surface area contributed by atoms with Gasteiger partial charge in [0.25, 0.3) is 0 Å². The van der Waals surface area contributed by atoms with Crippen LogP contribution in [0, 0.1) is 0 Å². The lowest BCUT2D eigenvalue weighted by Crippen LogP contribution is -2.46. The molecule has 1 saturated heterocycles. The summed E-state index contributed by atoms with van der Waals surface area (Å²) in [5, 5.41) is 3.19. The molecule has 10 nitrogen and oxygen atoms in total. The molecule has 150 valence electrons. The number of ether oxygens (including phenoxy) is 4. The van der Waals surface area contributed by atoms with Crippen LogP contribution < -0.4 is 5.32 Å². The number of carbonyl (C=O) groups excluding carboxylic acids is 4. The first-order chi connectivity index (χ1) is 12.9. The Bertz CT molecular complexity index is 581. The van der Waals surface area contributed by atoms with E-state index in [1.54, 1.807) is 0 Å². The van der Waals surface area contributed by atoms with Crippen LogP contribution in [0.4, 0.5) is 0 Å². The van der Waals surface area contributed by atoms with Gasteiger partial charge in [0.05, 0.1) is 14.2 Å². The highest BCUT2D eigenvalue weighted by atomic mass is 16.6. The highest BCUT2D eigenvalue weighted by molar-refractivity contribution is 5.92. The molecule has 1 aliphatic rings. The van der Waals surface area contributed by atoms with Crippen molar-refractivity contribution in [2.45, 2.75) is 12.5 Å². The molecule has 0 aliphatic carbocycles. The maximum Gasteiger partial charge on any atom is 0.331 e. The number of carbonyl (C=O) groups is 4. The van der Waals surface area contributed by atoms with Crippen molar-refractivity contribution in [3.8, 4) is 0 Å². The lowest BCUT2D eigenvalue weighted by Gasteiger charge is -2.30. The van der Waals surface area contributed by atoms with E-state index in [0.29, 0.717) is 13.2 Å². The molecule has 1 N–H and O–H groups in total. The van der Waals surface area contributed by atoms with Crippen LogP contribution in [0.25, 0.3) is 0 Å². The number of esters is 4. The summed E-state index contributed by atoms with van der Waals surface area (Å²) >= 11 is 0. The van der Waals surface area contributed by atoms with Gasteiger partial charge in [-0.25, -0.2) is 19.2 Å². The average Bonchev–Trinajstić information content (AvgIpc) is 2.68. The van der Waals surface area contributed by atoms with Gasteiger partial charge < -0.3 is 24.3 Å². The highest BCUT2D eigenvalue weighted by Crippen LogP contribution is 2.04. The molecule has 1 atom stereocenters. The SMILES string of the molecule is COC(=O)/C=C/C(=O)OCC(CN1CCCNC1)OC(=O)/C=C/C(=O)OC. The Kier molecular flexibility index (Phi) is 10.4. The second-order valence-corrected chi connectivity index (χ2v) is 5.49. The third kappa shape index (κ3) is 10.1. The van der Waals surface area contributed by atoms with Gasteiger partial charge in [-0.15, -0.1) is 0 Å². The summed E-state index contributed by atoms with van der Waals surface area (Å²) in [6, 6.07) is 0. The molecule has 0 saturated carbocycles. The lowest BCUT2D eigenvalue weighted by atomic mass is 10.3. The Morgan fingerprint density at radius 2 is 1.56 bits per heavy atom. The molecule has 1 rings (SSSR count). The van der Waals surface area contributed by atoms with E-state index in [2.05, 4.69) is 14.8 Å². The quantitative estimate of drug-likeness (QED) is 0.306. The second-order valence-electron chi connectivity index (χ2n) is 5.49. The van der Waals surface area contributed by atoms with E-state index in [9.17, 15) is 19.2 Å². The fourth-order valence-electron chi connectivity index (χ4n) is 2.15. The number of hydrogen-bond acceptors (Lipinski definition) is 10. The number of methoxy groups -OCH3 is 2. The van der Waals surface area contributed by atoms with E-state index in [4.69, 9.17) is 9.47 Å². The van der Waals surface area contributed by atoms with Crippen molar-refractivity contribution in [1.29, 1.82) is 0 Å². The van der Waals surface area contributed by atoms with Crippen LogP contribution in [-0.4, -0.2) is 82.0 Å². The van der Waals surface area contributed by atoms with Crippen LogP contribution in [0.3, 0.4) is 0 Å². The van der Waals surface area contributed by atoms with Gasteiger partial charge in [-0.05, 0) is 13.0 Å². The van der Waals surface area contributed by atoms with E-state index >= 15 is 0 Å². The molecule has 1 fully saturated rings. The summed E-state index contributed by atoms with van der Waals surface area (Å²) in [4.78, 5) is 47.5. The number of rotatable bonds is 9. The van der Waals surface area contributed by atoms with Gasteiger partial charge >= 0.3 is 23.9 Å². The van der Waals surface area contributed by atoms with Crippen molar-refractivity contribution in [2.75, 3.05) is 47.1 Å². The fourth-order valence-corrected chi connectivity index (χ4v) is 2.15. The van der Waals surface area contributed by atoms with Gasteiger partial charge in [-0.1, -0.05) is 0 Å². The summed E-state index contributed by atoms with van der Waals surface area (Å²) < 4.78 is 19.0. The topological polar surface area (TPSA) is 120 Å². The summed E-state index contributed by atoms with van der Waals surface area (Å²) in [5.74, 6) is -2.93. The predicted molar refractivity (Wildman–Crippen MR) is 92.2 cm³/mol. The van der Waals surface area contributed by atoms with Crippen LogP contribution >= 0.6 is 0 Å². The maximum absolute atomic E-state index is 11.8. The molecule has 1 unspecified atom stereocenters. The molecule has 0 radical (unpaired) electrons. The van der Waals surface area contributed by atoms with E-state index in [0.717, 1.165) is 43.8 Å². The first kappa shape index (κ1) is 22.3. The largest absolute Gasteiger partial charge is 0.466 e. The summed E-state index contributed by atoms with van der Waals surface area (Å²) in [5.41, 5.74) is 0. The van der Waals surface area contributed by atoms with E-state index < -0.39 is 30.0 Å². The van der Waals surface area contributed by atoms with Gasteiger partial charge in [0.1, 0.15) is 12.7 Å². The third-order valence-corrected chi connectivity index (χ3v) is 3.43. The molecule has 1 heterocycles. The average molecular weight is 384 g/mol. The molecule has 0 aromatic carbocycles. The zero-order chi connectivity index (χ0) is 20.1. The summed E-state index contributed by atoms with van der Waals surface area (Å²) in [7, 11) is 2.37. The maximum atomic E-state index is 11.8. The molecule has 0 amide bonds. The van der Waals surface area contributed by atoms with Crippen molar-refractivity contribution in [1.82, 2.24) is 10.2 Å². The number of nitrogens with zero attached hydrogens (tertiary/aromatic N) is 1. The fraction of sp³-hybridized carbons (Fsp3) is 0.529. The molecule has 10 heteroatoms. The van der Waals surface area contributed by atoms with Gasteiger partial charge in [-0.2, -0.15) is 0 Å². The number of nitrogens with one attached hydrogen (secondary N) is 1. The van der Waals surface area contributed by atoms with Crippen molar-refractivity contribution in [3.63, 3.8) is 0 Å². The first-order valence-corrected chi connectivity index (χ1v) is 8.27. The van der Waals surface area contributed by atoms with Crippen molar-refractivity contribution in [2.24, 2.45) is 0 Å². The van der Waals surface area contributed by atoms with Gasteiger partial charge in [-0.3, -0.25) is 4.90 Å². The Morgan fingerprint density at radius 1 is 0.963 bits per heavy atom. The van der Waals surface area contributed by atoms with Crippen molar-refractivity contribution < 1.29 is 38.1 Å². The molecule has 1 aliphatic heterocycles. The lowest BCUT2D eigenvalue weighted by molar-refractivity contribution is -0.154. The standard InChI is InChI=1S/C17H24N2O8/c1-24-14(20)4-6-16(22)26-11-13(10-19-9-3-8-18-12-19)27-17(23)7-5-15(21)25-2/h4-7,13,18H,3,8-12H2,1-2H3/b6-4+,7-5+. The molecule has 0 aromatic rings. The van der Waals surface area contributed by atoms with Crippen LogP contribution in [0.1, 0.15) is 6.42 Å². The minimum atomic E-state index is -0.775. The Hall–Kier alpha value is -2.72. The van der Waals surface area contributed by atoms with E-state index in [1.165, 1.54) is 14.2 Å². The third-order valence-electron chi connectivity index (χ3n) is 3.43. The Labute approximate surface area is 157 Å². The zero-order valence-corrected chi connectivity index (χ0v) is 15.3. The number of hydrogen-bond donors (Lipinski definition) is 1. The summed E-state index contributed by atoms with van der Waals surface area (Å²) in [6.07, 6.45) is 3.90. The predicted octanol–water partition coefficient (Wildman–Crippen LogP) is -0.847. The molecular formula is C17H24N2O8. The van der Waals surface area contributed by atoms with Gasteiger partial charge in [0.15, 0.2) is 0 Å². The molecule has 27 heavy (non-hydrogen) atoms. The Morgan fingerprint density at radius 3 is 2.11 bits per heavy atom. The second kappa shape index (κ2) is 12.6. The van der Waals surface area contributed by atoms with Crippen molar-refractivity contribution >= 4 is 23.9 Å². The normalized spacial score (nSPS) is 16.1. The molecule has 0 spiro atoms. The van der Waals surface area contributed by atoms with Crippen LogP contribution in [0.2, 0.25) is 0 Å². The molecule has 0 bridgehead atoms. The zero-order valence-electron chi connectivity index (χ0n) is 15.3. The molecule has 0 aromatic heterocycles. The minimum Gasteiger partial charge on any atom is -0.466 e. The van der Waals surface area contributed by atoms with Crippen molar-refractivity contribution in [3.05, 3.63) is 24.3 Å². The van der Waals surface area contributed by atoms with E-state index in [-0.39, 0.29) is 6.61 Å². The van der Waals surface area contributed by atoms with Crippen LogP contribution in [0.5, 0.6) is 0 Å².